The van der Waals surface area contributed by atoms with Crippen molar-refractivity contribution >= 4 is 39.2 Å². The van der Waals surface area contributed by atoms with Crippen LogP contribution >= 0.6 is 27.5 Å². The number of anilines is 1. The maximum atomic E-state index is 11.9. The van der Waals surface area contributed by atoms with Crippen LogP contribution in [0.4, 0.5) is 5.82 Å². The SMILES string of the molecule is CC(C)C[C@H](Nc1nscc1Br)C(=O)NCC#N. The van der Waals surface area contributed by atoms with Crippen LogP contribution in [-0.2, 0) is 4.79 Å². The molecule has 7 heteroatoms. The number of amides is 1. The summed E-state index contributed by atoms with van der Waals surface area (Å²) >= 11 is 4.68. The maximum absolute atomic E-state index is 11.9. The number of hydrogen-bond acceptors (Lipinski definition) is 5. The van der Waals surface area contributed by atoms with Gasteiger partial charge in [0.15, 0.2) is 5.82 Å². The Morgan fingerprint density at radius 2 is 2.39 bits per heavy atom. The zero-order valence-electron chi connectivity index (χ0n) is 10.2. The van der Waals surface area contributed by atoms with E-state index in [0.29, 0.717) is 18.2 Å². The first-order chi connectivity index (χ1) is 8.54. The third-order valence-electron chi connectivity index (χ3n) is 2.20. The van der Waals surface area contributed by atoms with Crippen molar-refractivity contribution in [1.29, 1.82) is 5.26 Å². The number of nitriles is 1. The number of carbonyl (C=O) groups excluding carboxylic acids is 1. The summed E-state index contributed by atoms with van der Waals surface area (Å²) < 4.78 is 5.01. The minimum Gasteiger partial charge on any atom is -0.357 e. The predicted octanol–water partition coefficient (Wildman–Crippen LogP) is 2.37. The van der Waals surface area contributed by atoms with E-state index in [-0.39, 0.29) is 18.5 Å². The van der Waals surface area contributed by atoms with E-state index < -0.39 is 0 Å². The van der Waals surface area contributed by atoms with Gasteiger partial charge in [0.1, 0.15) is 12.6 Å². The van der Waals surface area contributed by atoms with Gasteiger partial charge < -0.3 is 10.6 Å². The molecule has 0 aliphatic heterocycles. The van der Waals surface area contributed by atoms with Crippen LogP contribution in [0.25, 0.3) is 0 Å². The van der Waals surface area contributed by atoms with Crippen LogP contribution in [0.2, 0.25) is 0 Å². The second-order valence-corrected chi connectivity index (χ2v) is 5.70. The van der Waals surface area contributed by atoms with Crippen LogP contribution in [0.3, 0.4) is 0 Å². The third kappa shape index (κ3) is 4.63. The number of hydrogen-bond donors (Lipinski definition) is 2. The molecule has 0 aromatic carbocycles. The number of aromatic nitrogens is 1. The molecule has 1 atom stereocenters. The molecule has 1 aromatic rings. The molecule has 0 unspecified atom stereocenters. The van der Waals surface area contributed by atoms with Gasteiger partial charge in [-0.2, -0.15) is 9.64 Å². The van der Waals surface area contributed by atoms with Crippen molar-refractivity contribution < 1.29 is 4.79 Å². The molecule has 0 spiro atoms. The lowest BCUT2D eigenvalue weighted by Gasteiger charge is -2.19. The third-order valence-corrected chi connectivity index (χ3v) is 3.74. The van der Waals surface area contributed by atoms with Crippen LogP contribution in [0.5, 0.6) is 0 Å². The standard InChI is InChI=1S/C11H15BrN4OS/c1-7(2)5-9(11(17)14-4-3-13)15-10-8(12)6-18-16-10/h6-7,9H,4-5H2,1-2H3,(H,14,17)(H,15,16)/t9-/m0/s1. The molecule has 0 fully saturated rings. The van der Waals surface area contributed by atoms with Crippen LogP contribution in [0.15, 0.2) is 9.85 Å². The van der Waals surface area contributed by atoms with Crippen LogP contribution < -0.4 is 10.6 Å². The summed E-state index contributed by atoms with van der Waals surface area (Å²) in [6.45, 7) is 4.11. The average Bonchev–Trinajstić information content (AvgIpc) is 2.70. The van der Waals surface area contributed by atoms with Crippen molar-refractivity contribution in [2.45, 2.75) is 26.3 Å². The highest BCUT2D eigenvalue weighted by Crippen LogP contribution is 2.24. The summed E-state index contributed by atoms with van der Waals surface area (Å²) in [5, 5.41) is 16.0. The first kappa shape index (κ1) is 14.9. The Morgan fingerprint density at radius 1 is 1.67 bits per heavy atom. The smallest absolute Gasteiger partial charge is 0.243 e. The highest BCUT2D eigenvalue weighted by molar-refractivity contribution is 9.10. The molecule has 1 aromatic heterocycles. The number of carbonyl (C=O) groups is 1. The summed E-state index contributed by atoms with van der Waals surface area (Å²) in [6, 6.07) is 1.52. The molecule has 5 nitrogen and oxygen atoms in total. The highest BCUT2D eigenvalue weighted by Gasteiger charge is 2.21. The number of halogens is 1. The van der Waals surface area contributed by atoms with E-state index in [1.165, 1.54) is 11.5 Å². The minimum atomic E-state index is -0.378. The van der Waals surface area contributed by atoms with Crippen LogP contribution in [0, 0.1) is 17.2 Å². The lowest BCUT2D eigenvalue weighted by Crippen LogP contribution is -2.40. The minimum absolute atomic E-state index is 0.0212. The molecule has 1 rings (SSSR count). The normalized spacial score (nSPS) is 11.9. The molecule has 0 aliphatic carbocycles. The summed E-state index contributed by atoms with van der Waals surface area (Å²) in [5.41, 5.74) is 0. The zero-order valence-corrected chi connectivity index (χ0v) is 12.6. The molecule has 2 N–H and O–H groups in total. The van der Waals surface area contributed by atoms with Gasteiger partial charge in [-0.1, -0.05) is 13.8 Å². The Balaban J connectivity index is 2.69. The summed E-state index contributed by atoms with van der Waals surface area (Å²) in [5.74, 6) is 0.857. The maximum Gasteiger partial charge on any atom is 0.243 e. The summed E-state index contributed by atoms with van der Waals surface area (Å²) in [4.78, 5) is 11.9. The molecular formula is C11H15BrN4OS. The Kier molecular flexibility index (Phi) is 6.09. The molecule has 1 amide bonds. The van der Waals surface area contributed by atoms with Crippen LogP contribution in [0.1, 0.15) is 20.3 Å². The van der Waals surface area contributed by atoms with Gasteiger partial charge >= 0.3 is 0 Å². The Hall–Kier alpha value is -1.13. The fourth-order valence-corrected chi connectivity index (χ4v) is 2.52. The highest BCUT2D eigenvalue weighted by atomic mass is 79.9. The lowest BCUT2D eigenvalue weighted by molar-refractivity contribution is -0.121. The van der Waals surface area contributed by atoms with Gasteiger partial charge in [0.25, 0.3) is 0 Å². The molecule has 0 saturated carbocycles. The van der Waals surface area contributed by atoms with E-state index in [0.717, 1.165) is 4.47 Å². The van der Waals surface area contributed by atoms with Crippen molar-refractivity contribution in [1.82, 2.24) is 9.69 Å². The summed E-state index contributed by atoms with van der Waals surface area (Å²) in [6.07, 6.45) is 0.682. The van der Waals surface area contributed by atoms with Gasteiger partial charge in [-0.3, -0.25) is 4.79 Å². The second-order valence-electron chi connectivity index (χ2n) is 4.21. The van der Waals surface area contributed by atoms with Crippen molar-refractivity contribution in [2.24, 2.45) is 5.92 Å². The second kappa shape index (κ2) is 7.34. The number of rotatable bonds is 6. The summed E-state index contributed by atoms with van der Waals surface area (Å²) in [7, 11) is 0. The monoisotopic (exact) mass is 330 g/mol. The molecule has 0 aliphatic rings. The van der Waals surface area contributed by atoms with E-state index in [1.807, 2.05) is 25.3 Å². The first-order valence-electron chi connectivity index (χ1n) is 5.55. The van der Waals surface area contributed by atoms with Gasteiger partial charge in [-0.15, -0.1) is 0 Å². The number of nitrogens with zero attached hydrogens (tertiary/aromatic N) is 2. The van der Waals surface area contributed by atoms with E-state index >= 15 is 0 Å². The molecule has 0 bridgehead atoms. The Labute approximate surface area is 119 Å². The molecular weight excluding hydrogens is 316 g/mol. The van der Waals surface area contributed by atoms with Crippen molar-refractivity contribution in [3.05, 3.63) is 9.85 Å². The Morgan fingerprint density at radius 3 is 2.89 bits per heavy atom. The quantitative estimate of drug-likeness (QED) is 0.785. The predicted molar refractivity (Wildman–Crippen MR) is 75.3 cm³/mol. The molecule has 1 heterocycles. The van der Waals surface area contributed by atoms with Gasteiger partial charge in [-0.25, -0.2) is 0 Å². The lowest BCUT2D eigenvalue weighted by atomic mass is 10.0. The van der Waals surface area contributed by atoms with E-state index in [4.69, 9.17) is 5.26 Å². The van der Waals surface area contributed by atoms with E-state index in [9.17, 15) is 4.79 Å². The largest absolute Gasteiger partial charge is 0.357 e. The molecule has 18 heavy (non-hydrogen) atoms. The van der Waals surface area contributed by atoms with Crippen molar-refractivity contribution in [3.63, 3.8) is 0 Å². The van der Waals surface area contributed by atoms with Crippen molar-refractivity contribution in [3.8, 4) is 6.07 Å². The molecule has 98 valence electrons. The topological polar surface area (TPSA) is 77.8 Å². The van der Waals surface area contributed by atoms with Gasteiger partial charge in [-0.05, 0) is 39.8 Å². The Bertz CT molecular complexity index is 440. The zero-order chi connectivity index (χ0) is 13.5. The fraction of sp³-hybridized carbons (Fsp3) is 0.545. The molecule has 0 saturated heterocycles. The van der Waals surface area contributed by atoms with Gasteiger partial charge in [0.2, 0.25) is 5.91 Å². The van der Waals surface area contributed by atoms with Gasteiger partial charge in [0, 0.05) is 5.38 Å². The molecule has 0 radical (unpaired) electrons. The van der Waals surface area contributed by atoms with Crippen molar-refractivity contribution in [2.75, 3.05) is 11.9 Å². The first-order valence-corrected chi connectivity index (χ1v) is 7.18. The van der Waals surface area contributed by atoms with E-state index in [2.05, 4.69) is 30.9 Å². The van der Waals surface area contributed by atoms with E-state index in [1.54, 1.807) is 0 Å². The van der Waals surface area contributed by atoms with Crippen LogP contribution in [-0.4, -0.2) is 22.9 Å². The van der Waals surface area contributed by atoms with Gasteiger partial charge in [0.05, 0.1) is 10.5 Å². The fourth-order valence-electron chi connectivity index (χ4n) is 1.44. The average molecular weight is 331 g/mol. The number of nitrogens with one attached hydrogen (secondary N) is 2.